The van der Waals surface area contributed by atoms with Crippen LogP contribution in [0.5, 0.6) is 0 Å². The van der Waals surface area contributed by atoms with Gasteiger partial charge in [0.2, 0.25) is 5.91 Å². The minimum absolute atomic E-state index is 0.130. The number of carbonyl (C=O) groups is 1. The molecule has 0 aliphatic carbocycles. The Bertz CT molecular complexity index is 565. The number of hydrogen-bond donors (Lipinski definition) is 2. The van der Waals surface area contributed by atoms with Gasteiger partial charge in [-0.05, 0) is 31.2 Å². The number of halogens is 1. The zero-order valence-corrected chi connectivity index (χ0v) is 11.4. The van der Waals surface area contributed by atoms with E-state index in [0.29, 0.717) is 10.8 Å². The van der Waals surface area contributed by atoms with Crippen LogP contribution in [0.1, 0.15) is 5.69 Å². The first-order valence-corrected chi connectivity index (χ1v) is 6.34. The maximum Gasteiger partial charge on any atom is 0.235 e. The number of nitrogens with zero attached hydrogens (tertiary/aromatic N) is 2. The predicted octanol–water partition coefficient (Wildman–Crippen LogP) is 2.70. The Kier molecular flexibility index (Phi) is 3.93. The molecule has 0 radical (unpaired) electrons. The van der Waals surface area contributed by atoms with E-state index in [0.717, 1.165) is 11.4 Å². The van der Waals surface area contributed by atoms with Gasteiger partial charge in [0.15, 0.2) is 0 Å². The summed E-state index contributed by atoms with van der Waals surface area (Å²) in [5, 5.41) is 7.73. The van der Waals surface area contributed by atoms with Crippen molar-refractivity contribution in [3.05, 3.63) is 41.0 Å². The maximum absolute atomic E-state index is 11.4. The first-order valence-electron chi connectivity index (χ1n) is 5.33. The van der Waals surface area contributed by atoms with Crippen LogP contribution >= 0.6 is 24.2 Å². The fourth-order valence-electron chi connectivity index (χ4n) is 1.55. The molecule has 18 heavy (non-hydrogen) atoms. The minimum atomic E-state index is -0.173. The number of benzene rings is 1. The molecule has 0 aliphatic heterocycles. The van der Waals surface area contributed by atoms with Crippen LogP contribution in [-0.4, -0.2) is 21.4 Å². The van der Waals surface area contributed by atoms with Crippen LogP contribution < -0.4 is 5.32 Å². The van der Waals surface area contributed by atoms with Gasteiger partial charge in [0.05, 0.1) is 17.1 Å². The van der Waals surface area contributed by atoms with E-state index < -0.39 is 0 Å². The number of rotatable bonds is 3. The van der Waals surface area contributed by atoms with Crippen LogP contribution in [0.15, 0.2) is 30.3 Å². The van der Waals surface area contributed by atoms with E-state index in [1.54, 1.807) is 22.9 Å². The van der Waals surface area contributed by atoms with E-state index in [1.165, 1.54) is 0 Å². The molecule has 0 spiro atoms. The summed E-state index contributed by atoms with van der Waals surface area (Å²) in [6.45, 7) is 1.86. The smallest absolute Gasteiger partial charge is 0.235 e. The Morgan fingerprint density at radius 3 is 2.72 bits per heavy atom. The SMILES string of the molecule is Cc1cc(NC(=O)CS)n(-c2ccc(Cl)cc2)n1. The van der Waals surface area contributed by atoms with E-state index in [-0.39, 0.29) is 11.7 Å². The zero-order chi connectivity index (χ0) is 13.1. The molecule has 0 bridgehead atoms. The summed E-state index contributed by atoms with van der Waals surface area (Å²) in [5.74, 6) is 0.576. The van der Waals surface area contributed by atoms with Crippen LogP contribution in [0.3, 0.4) is 0 Å². The Balaban J connectivity index is 2.37. The van der Waals surface area contributed by atoms with Crippen molar-refractivity contribution in [3.63, 3.8) is 0 Å². The average molecular weight is 282 g/mol. The largest absolute Gasteiger partial charge is 0.310 e. The van der Waals surface area contributed by atoms with Gasteiger partial charge in [-0.1, -0.05) is 11.6 Å². The molecular formula is C12H12ClN3OS. The first kappa shape index (κ1) is 13.0. The summed E-state index contributed by atoms with van der Waals surface area (Å²) in [6.07, 6.45) is 0. The van der Waals surface area contributed by atoms with Gasteiger partial charge < -0.3 is 5.32 Å². The van der Waals surface area contributed by atoms with Gasteiger partial charge >= 0.3 is 0 Å². The molecule has 0 atom stereocenters. The molecule has 0 saturated heterocycles. The molecule has 1 N–H and O–H groups in total. The summed E-state index contributed by atoms with van der Waals surface area (Å²) in [5.41, 5.74) is 1.65. The maximum atomic E-state index is 11.4. The summed E-state index contributed by atoms with van der Waals surface area (Å²) in [4.78, 5) is 11.4. The number of aromatic nitrogens is 2. The van der Waals surface area contributed by atoms with Gasteiger partial charge in [-0.2, -0.15) is 17.7 Å². The number of carbonyl (C=O) groups excluding carboxylic acids is 1. The van der Waals surface area contributed by atoms with Gasteiger partial charge in [0, 0.05) is 11.1 Å². The predicted molar refractivity (Wildman–Crippen MR) is 75.8 cm³/mol. The van der Waals surface area contributed by atoms with Crippen molar-refractivity contribution in [3.8, 4) is 5.69 Å². The fourth-order valence-corrected chi connectivity index (χ4v) is 1.76. The Hall–Kier alpha value is -1.46. The van der Waals surface area contributed by atoms with E-state index in [9.17, 15) is 4.79 Å². The standard InChI is InChI=1S/C12H12ClN3OS/c1-8-6-11(14-12(17)7-18)16(15-8)10-4-2-9(13)3-5-10/h2-6,18H,7H2,1H3,(H,14,17). The van der Waals surface area contributed by atoms with E-state index in [1.807, 2.05) is 19.1 Å². The minimum Gasteiger partial charge on any atom is -0.310 e. The monoisotopic (exact) mass is 281 g/mol. The Morgan fingerprint density at radius 2 is 2.11 bits per heavy atom. The number of thiol groups is 1. The highest BCUT2D eigenvalue weighted by molar-refractivity contribution is 7.81. The number of aryl methyl sites for hydroxylation is 1. The topological polar surface area (TPSA) is 46.9 Å². The molecule has 1 heterocycles. The fraction of sp³-hybridized carbons (Fsp3) is 0.167. The van der Waals surface area contributed by atoms with Gasteiger partial charge in [-0.25, -0.2) is 4.68 Å². The van der Waals surface area contributed by atoms with E-state index >= 15 is 0 Å². The third-order valence-electron chi connectivity index (χ3n) is 2.31. The van der Waals surface area contributed by atoms with Crippen LogP contribution in [-0.2, 0) is 4.79 Å². The van der Waals surface area contributed by atoms with Crippen molar-refractivity contribution >= 4 is 36.0 Å². The van der Waals surface area contributed by atoms with E-state index in [4.69, 9.17) is 11.6 Å². The van der Waals surface area contributed by atoms with Crippen molar-refractivity contribution < 1.29 is 4.79 Å². The van der Waals surface area contributed by atoms with Crippen LogP contribution in [0.2, 0.25) is 5.02 Å². The lowest BCUT2D eigenvalue weighted by molar-refractivity contribution is -0.113. The number of amides is 1. The second-order valence-electron chi connectivity index (χ2n) is 3.77. The molecule has 94 valence electrons. The molecule has 0 fully saturated rings. The molecule has 0 saturated carbocycles. The Morgan fingerprint density at radius 1 is 1.44 bits per heavy atom. The molecule has 4 nitrogen and oxygen atoms in total. The molecule has 0 aliphatic rings. The van der Waals surface area contributed by atoms with Crippen LogP contribution in [0, 0.1) is 6.92 Å². The number of nitrogens with one attached hydrogen (secondary N) is 1. The average Bonchev–Trinajstić information content (AvgIpc) is 2.71. The molecule has 0 unspecified atom stereocenters. The highest BCUT2D eigenvalue weighted by Gasteiger charge is 2.09. The zero-order valence-electron chi connectivity index (χ0n) is 9.72. The van der Waals surface area contributed by atoms with Crippen molar-refractivity contribution in [1.29, 1.82) is 0 Å². The highest BCUT2D eigenvalue weighted by atomic mass is 35.5. The summed E-state index contributed by atoms with van der Waals surface area (Å²) >= 11 is 9.77. The second-order valence-corrected chi connectivity index (χ2v) is 4.52. The molecule has 2 rings (SSSR count). The van der Waals surface area contributed by atoms with Crippen molar-refractivity contribution in [2.75, 3.05) is 11.1 Å². The van der Waals surface area contributed by atoms with Crippen molar-refractivity contribution in [2.45, 2.75) is 6.92 Å². The van der Waals surface area contributed by atoms with Gasteiger partial charge in [0.25, 0.3) is 0 Å². The molecule has 1 aromatic carbocycles. The normalized spacial score (nSPS) is 10.4. The second kappa shape index (κ2) is 5.46. The quantitative estimate of drug-likeness (QED) is 0.850. The summed E-state index contributed by atoms with van der Waals surface area (Å²) in [6, 6.07) is 9.03. The number of hydrogen-bond acceptors (Lipinski definition) is 3. The third-order valence-corrected chi connectivity index (χ3v) is 2.85. The van der Waals surface area contributed by atoms with Crippen molar-refractivity contribution in [2.24, 2.45) is 0 Å². The Labute approximate surface area is 115 Å². The molecular weight excluding hydrogens is 270 g/mol. The lowest BCUT2D eigenvalue weighted by atomic mass is 10.3. The number of anilines is 1. The molecule has 1 aromatic heterocycles. The van der Waals surface area contributed by atoms with E-state index in [2.05, 4.69) is 23.0 Å². The lowest BCUT2D eigenvalue weighted by Crippen LogP contribution is -2.15. The highest BCUT2D eigenvalue weighted by Crippen LogP contribution is 2.19. The third kappa shape index (κ3) is 2.86. The summed E-state index contributed by atoms with van der Waals surface area (Å²) in [7, 11) is 0. The van der Waals surface area contributed by atoms with Gasteiger partial charge in [0.1, 0.15) is 5.82 Å². The summed E-state index contributed by atoms with van der Waals surface area (Å²) < 4.78 is 1.66. The van der Waals surface area contributed by atoms with Gasteiger partial charge in [-0.3, -0.25) is 4.79 Å². The molecule has 1 amide bonds. The van der Waals surface area contributed by atoms with Gasteiger partial charge in [-0.15, -0.1) is 0 Å². The molecule has 6 heteroatoms. The molecule has 2 aromatic rings. The van der Waals surface area contributed by atoms with Crippen molar-refractivity contribution in [1.82, 2.24) is 9.78 Å². The van der Waals surface area contributed by atoms with Crippen LogP contribution in [0.4, 0.5) is 5.82 Å². The first-order chi connectivity index (χ1) is 8.60. The lowest BCUT2D eigenvalue weighted by Gasteiger charge is -2.08. The van der Waals surface area contributed by atoms with Crippen LogP contribution in [0.25, 0.3) is 5.69 Å².